The van der Waals surface area contributed by atoms with E-state index in [-0.39, 0.29) is 61.0 Å². The van der Waals surface area contributed by atoms with Gasteiger partial charge in [-0.15, -0.1) is 0 Å². The van der Waals surface area contributed by atoms with Crippen LogP contribution >= 0.6 is 69.6 Å². The van der Waals surface area contributed by atoms with E-state index in [4.69, 9.17) is 69.6 Å². The van der Waals surface area contributed by atoms with Crippen LogP contribution in [0.15, 0.2) is 47.1 Å². The number of hydrogen-bond donors (Lipinski definition) is 0. The van der Waals surface area contributed by atoms with Crippen LogP contribution < -0.4 is 39.7 Å². The van der Waals surface area contributed by atoms with E-state index in [1.54, 1.807) is 19.9 Å². The molecule has 0 unspecified atom stereocenters. The number of hydrazone groups is 1. The molecule has 0 spiro atoms. The summed E-state index contributed by atoms with van der Waals surface area (Å²) in [6.45, 7) is 3.34. The summed E-state index contributed by atoms with van der Waals surface area (Å²) in [5.74, 6) is -0.875. The summed E-state index contributed by atoms with van der Waals surface area (Å²) >= 11 is 36.9. The van der Waals surface area contributed by atoms with Gasteiger partial charge in [-0.1, -0.05) is 81.8 Å². The third-order valence-electron chi connectivity index (χ3n) is 5.04. The molecule has 6 nitrogen and oxygen atoms in total. The van der Waals surface area contributed by atoms with Crippen LogP contribution in [0.2, 0.25) is 30.1 Å². The third kappa shape index (κ3) is 5.63. The summed E-state index contributed by atoms with van der Waals surface area (Å²) in [6, 6.07) is 5.89. The first-order valence-electron chi connectivity index (χ1n) is 9.84. The van der Waals surface area contributed by atoms with Crippen molar-refractivity contribution in [2.45, 2.75) is 13.8 Å². The van der Waals surface area contributed by atoms with Crippen molar-refractivity contribution in [3.63, 3.8) is 0 Å². The molecule has 0 saturated heterocycles. The summed E-state index contributed by atoms with van der Waals surface area (Å²) in [5, 5.41) is 24.1. The fourth-order valence-corrected chi connectivity index (χ4v) is 5.39. The fourth-order valence-electron chi connectivity index (χ4n) is 3.44. The van der Waals surface area contributed by atoms with Crippen LogP contribution in [0.3, 0.4) is 0 Å². The van der Waals surface area contributed by atoms with Crippen LogP contribution in [-0.4, -0.2) is 21.4 Å². The molecule has 0 fully saturated rings. The second-order valence-electron chi connectivity index (χ2n) is 7.39. The Morgan fingerprint density at radius 1 is 0.861 bits per heavy atom. The summed E-state index contributed by atoms with van der Waals surface area (Å²) in [7, 11) is 0. The Labute approximate surface area is 259 Å². The number of halogens is 6. The van der Waals surface area contributed by atoms with Crippen molar-refractivity contribution in [3.8, 4) is 11.6 Å². The molecular formula is C23H13Cl6N4NaO2. The predicted octanol–water partition coefficient (Wildman–Crippen LogP) is 4.54. The van der Waals surface area contributed by atoms with Crippen molar-refractivity contribution in [3.05, 3.63) is 83.4 Å². The number of benzene rings is 2. The van der Waals surface area contributed by atoms with Crippen molar-refractivity contribution >= 4 is 93.0 Å². The van der Waals surface area contributed by atoms with Crippen molar-refractivity contribution in [2.75, 3.05) is 5.01 Å². The van der Waals surface area contributed by atoms with Crippen LogP contribution in [0.1, 0.15) is 18.2 Å². The van der Waals surface area contributed by atoms with E-state index < -0.39 is 11.8 Å². The summed E-state index contributed by atoms with van der Waals surface area (Å²) in [5.41, 5.74) is 1.93. The van der Waals surface area contributed by atoms with Gasteiger partial charge in [-0.05, 0) is 50.1 Å². The number of hydrogen-bond acceptors (Lipinski definition) is 4. The number of aryl methyl sites for hydroxylation is 1. The van der Waals surface area contributed by atoms with E-state index in [0.717, 1.165) is 9.69 Å². The van der Waals surface area contributed by atoms with Crippen LogP contribution in [0.25, 0.3) is 11.8 Å². The molecule has 13 heteroatoms. The van der Waals surface area contributed by atoms with Crippen LogP contribution in [0.5, 0.6) is 5.88 Å². The predicted molar refractivity (Wildman–Crippen MR) is 142 cm³/mol. The average Bonchev–Trinajstić information content (AvgIpc) is 3.17. The van der Waals surface area contributed by atoms with Crippen molar-refractivity contribution in [1.82, 2.24) is 9.78 Å². The number of carbonyl (C=O) groups is 1. The van der Waals surface area contributed by atoms with Crippen LogP contribution in [-0.2, 0) is 4.79 Å². The Morgan fingerprint density at radius 3 is 1.89 bits per heavy atom. The first kappa shape index (κ1) is 29.4. The summed E-state index contributed by atoms with van der Waals surface area (Å²) in [6.07, 6.45) is 4.64. The number of rotatable bonds is 4. The minimum atomic E-state index is -0.437. The molecule has 1 aromatic heterocycles. The maximum atomic E-state index is 13.0. The summed E-state index contributed by atoms with van der Waals surface area (Å²) < 4.78 is 1.11. The van der Waals surface area contributed by atoms with Gasteiger partial charge in [-0.2, -0.15) is 15.2 Å². The molecule has 1 aliphatic rings. The maximum Gasteiger partial charge on any atom is 1.00 e. The van der Waals surface area contributed by atoms with Gasteiger partial charge in [0.05, 0.1) is 37.1 Å². The zero-order chi connectivity index (χ0) is 25.6. The molecule has 0 radical (unpaired) electrons. The molecule has 1 aliphatic heterocycles. The van der Waals surface area contributed by atoms with Gasteiger partial charge >= 0.3 is 29.6 Å². The van der Waals surface area contributed by atoms with Crippen molar-refractivity contribution < 1.29 is 39.5 Å². The SMILES string of the molecule is CC1=NN(c2c(Cl)cc(Cl)cc2Cl)C(=O)C1=CC=Cc1c(C)nn(-c2c(Cl)cc(Cl)cc2Cl)c1[O-].[Na+]. The molecule has 0 N–H and O–H groups in total. The van der Waals surface area contributed by atoms with Crippen LogP contribution in [0.4, 0.5) is 5.69 Å². The van der Waals surface area contributed by atoms with Gasteiger partial charge in [-0.25, -0.2) is 4.68 Å². The first-order valence-corrected chi connectivity index (χ1v) is 12.1. The van der Waals surface area contributed by atoms with E-state index in [0.29, 0.717) is 32.6 Å². The largest absolute Gasteiger partial charge is 1.00 e. The fraction of sp³-hybridized carbons (Fsp3) is 0.0870. The Morgan fingerprint density at radius 2 is 1.36 bits per heavy atom. The van der Waals surface area contributed by atoms with Gasteiger partial charge in [0.25, 0.3) is 5.91 Å². The Hall–Kier alpha value is -1.19. The minimum Gasteiger partial charge on any atom is -0.858 e. The molecule has 36 heavy (non-hydrogen) atoms. The van der Waals surface area contributed by atoms with Gasteiger partial charge in [0, 0.05) is 15.6 Å². The normalized spacial score (nSPS) is 14.7. The molecule has 0 bridgehead atoms. The van der Waals surface area contributed by atoms with Crippen molar-refractivity contribution in [2.24, 2.45) is 5.10 Å². The molecule has 4 rings (SSSR count). The Kier molecular flexibility index (Phi) is 9.53. The Balaban J connectivity index is 0.00000361. The monoisotopic (exact) mass is 610 g/mol. The molecule has 180 valence electrons. The summed E-state index contributed by atoms with van der Waals surface area (Å²) in [4.78, 5) is 13.0. The first-order chi connectivity index (χ1) is 16.5. The molecular weight excluding hydrogens is 600 g/mol. The molecule has 0 atom stereocenters. The van der Waals surface area contributed by atoms with E-state index in [1.807, 2.05) is 0 Å². The molecule has 2 heterocycles. The van der Waals surface area contributed by atoms with E-state index >= 15 is 0 Å². The second-order valence-corrected chi connectivity index (χ2v) is 9.90. The van der Waals surface area contributed by atoms with Gasteiger partial charge in [0.1, 0.15) is 11.4 Å². The number of amides is 1. The second kappa shape index (κ2) is 11.7. The maximum absolute atomic E-state index is 13.0. The van der Waals surface area contributed by atoms with E-state index in [2.05, 4.69) is 10.2 Å². The van der Waals surface area contributed by atoms with Gasteiger partial charge < -0.3 is 5.11 Å². The smallest absolute Gasteiger partial charge is 0.858 e. The van der Waals surface area contributed by atoms with Gasteiger partial charge in [-0.3, -0.25) is 4.79 Å². The average molecular weight is 613 g/mol. The zero-order valence-corrected chi connectivity index (χ0v) is 25.5. The molecule has 0 aliphatic carbocycles. The molecule has 0 saturated carbocycles. The topological polar surface area (TPSA) is 73.5 Å². The van der Waals surface area contributed by atoms with Crippen molar-refractivity contribution in [1.29, 1.82) is 0 Å². The molecule has 1 amide bonds. The Bertz CT molecular complexity index is 1440. The number of nitrogens with zero attached hydrogens (tertiary/aromatic N) is 4. The molecule has 3 aromatic rings. The number of aromatic nitrogens is 2. The molecule has 2 aromatic carbocycles. The third-order valence-corrected chi connectivity index (χ3v) is 6.63. The number of anilines is 1. The van der Waals surface area contributed by atoms with Gasteiger partial charge in [0.2, 0.25) is 0 Å². The quantitative estimate of drug-likeness (QED) is 0.321. The number of allylic oxidation sites excluding steroid dienone is 2. The standard InChI is InChI=1S/C23H14Cl6N4O2.Na/c1-10-14(22(34)32(30-10)20-16(26)6-12(24)7-17(20)27)4-3-5-15-11(2)31-33(23(15)35)21-18(28)8-13(25)9-19(21)29;/h3-9,34H,1-2H3;/q;+1/p-1. The number of carbonyl (C=O) groups excluding carboxylic acids is 1. The van der Waals surface area contributed by atoms with Crippen LogP contribution in [0, 0.1) is 6.92 Å². The van der Waals surface area contributed by atoms with E-state index in [9.17, 15) is 9.90 Å². The minimum absolute atomic E-state index is 0. The van der Waals surface area contributed by atoms with E-state index in [1.165, 1.54) is 36.4 Å². The zero-order valence-electron chi connectivity index (χ0n) is 18.9. The van der Waals surface area contributed by atoms with Gasteiger partial charge in [0.15, 0.2) is 0 Å².